The summed E-state index contributed by atoms with van der Waals surface area (Å²) in [6.45, 7) is 4.96. The fourth-order valence-corrected chi connectivity index (χ4v) is 3.43. The molecule has 1 atom stereocenters. The third-order valence-electron chi connectivity index (χ3n) is 5.08. The zero-order valence-corrected chi connectivity index (χ0v) is 19.2. The molecule has 2 N–H and O–H groups in total. The van der Waals surface area contributed by atoms with E-state index in [-0.39, 0.29) is 30.3 Å². The summed E-state index contributed by atoms with van der Waals surface area (Å²) in [7, 11) is 0. The Balaban J connectivity index is 0.00000385. The molecule has 6 nitrogen and oxygen atoms in total. The van der Waals surface area contributed by atoms with E-state index in [1.807, 2.05) is 31.2 Å². The number of urea groups is 1. The van der Waals surface area contributed by atoms with Crippen LogP contribution in [0.1, 0.15) is 25.3 Å². The number of carbonyl (C=O) groups excluding carboxylic acids is 1. The molecule has 33 heavy (non-hydrogen) atoms. The molecule has 1 aliphatic rings. The van der Waals surface area contributed by atoms with Gasteiger partial charge in [0.25, 0.3) is 0 Å². The molecule has 1 heterocycles. The van der Waals surface area contributed by atoms with Gasteiger partial charge >= 0.3 is 12.4 Å². The van der Waals surface area contributed by atoms with Gasteiger partial charge in [-0.25, -0.2) is 4.79 Å². The average molecular weight is 488 g/mol. The second-order valence-corrected chi connectivity index (χ2v) is 7.70. The molecule has 1 fully saturated rings. The summed E-state index contributed by atoms with van der Waals surface area (Å²) in [4.78, 5) is 14.0. The Kier molecular flexibility index (Phi) is 10.1. The van der Waals surface area contributed by atoms with Crippen molar-refractivity contribution >= 4 is 24.1 Å². The van der Waals surface area contributed by atoms with Crippen molar-refractivity contribution in [1.29, 1.82) is 0 Å². The molecular weight excluding hydrogens is 459 g/mol. The summed E-state index contributed by atoms with van der Waals surface area (Å²) >= 11 is 0. The maximum atomic E-state index is 12.2. The quantitative estimate of drug-likeness (QED) is 0.535. The fourth-order valence-electron chi connectivity index (χ4n) is 3.43. The van der Waals surface area contributed by atoms with Crippen molar-refractivity contribution < 1.29 is 27.4 Å². The first-order valence-electron chi connectivity index (χ1n) is 10.7. The van der Waals surface area contributed by atoms with Crippen LogP contribution in [0.2, 0.25) is 0 Å². The van der Waals surface area contributed by atoms with E-state index in [1.165, 1.54) is 24.3 Å². The molecule has 1 saturated heterocycles. The van der Waals surface area contributed by atoms with Crippen LogP contribution in [0.5, 0.6) is 11.5 Å². The van der Waals surface area contributed by atoms with Crippen LogP contribution in [0.3, 0.4) is 0 Å². The molecule has 2 amide bonds. The SMILES string of the molecule is CC(CCCc1ccc(NC(=O)N2CCNCC2)cc1)Oc1ccc(OC(F)(F)F)cc1.Cl. The van der Waals surface area contributed by atoms with Crippen LogP contribution in [0.4, 0.5) is 23.7 Å². The number of halogens is 4. The highest BCUT2D eigenvalue weighted by Gasteiger charge is 2.31. The number of hydrogen-bond acceptors (Lipinski definition) is 4. The van der Waals surface area contributed by atoms with Gasteiger partial charge in [-0.1, -0.05) is 12.1 Å². The maximum absolute atomic E-state index is 12.2. The monoisotopic (exact) mass is 487 g/mol. The summed E-state index contributed by atoms with van der Waals surface area (Å²) in [5, 5.41) is 6.14. The standard InChI is InChI=1S/C23H28F3N3O3.ClH/c1-17(31-20-9-11-21(12-10-20)32-23(24,25)26)3-2-4-18-5-7-19(8-6-18)28-22(30)29-15-13-27-14-16-29;/h5-12,17,27H,2-4,13-16H2,1H3,(H,28,30);1H. The van der Waals surface area contributed by atoms with Crippen LogP contribution >= 0.6 is 12.4 Å². The van der Waals surface area contributed by atoms with Gasteiger partial charge in [0.2, 0.25) is 0 Å². The largest absolute Gasteiger partial charge is 0.573 e. The van der Waals surface area contributed by atoms with E-state index in [0.29, 0.717) is 18.8 Å². The highest BCUT2D eigenvalue weighted by atomic mass is 35.5. The molecular formula is C23H29ClF3N3O3. The van der Waals surface area contributed by atoms with E-state index in [2.05, 4.69) is 15.4 Å². The van der Waals surface area contributed by atoms with E-state index >= 15 is 0 Å². The predicted molar refractivity (Wildman–Crippen MR) is 123 cm³/mol. The van der Waals surface area contributed by atoms with Crippen LogP contribution in [0.15, 0.2) is 48.5 Å². The van der Waals surface area contributed by atoms with Crippen molar-refractivity contribution in [2.75, 3.05) is 31.5 Å². The zero-order valence-electron chi connectivity index (χ0n) is 18.4. The molecule has 0 bridgehead atoms. The lowest BCUT2D eigenvalue weighted by atomic mass is 10.1. The van der Waals surface area contributed by atoms with Crippen molar-refractivity contribution in [3.63, 3.8) is 0 Å². The van der Waals surface area contributed by atoms with Gasteiger partial charge in [-0.3, -0.25) is 0 Å². The maximum Gasteiger partial charge on any atom is 0.573 e. The highest BCUT2D eigenvalue weighted by Crippen LogP contribution is 2.25. The van der Waals surface area contributed by atoms with Crippen molar-refractivity contribution in [2.24, 2.45) is 0 Å². The molecule has 0 spiro atoms. The van der Waals surface area contributed by atoms with Gasteiger partial charge in [-0.15, -0.1) is 25.6 Å². The summed E-state index contributed by atoms with van der Waals surface area (Å²) < 4.78 is 46.2. The smallest absolute Gasteiger partial charge is 0.491 e. The molecule has 3 rings (SSSR count). The third kappa shape index (κ3) is 9.39. The predicted octanol–water partition coefficient (Wildman–Crippen LogP) is 5.23. The molecule has 182 valence electrons. The number of anilines is 1. The number of rotatable bonds is 8. The first-order chi connectivity index (χ1) is 15.3. The van der Waals surface area contributed by atoms with Gasteiger partial charge in [0.1, 0.15) is 11.5 Å². The number of nitrogens with one attached hydrogen (secondary N) is 2. The molecule has 0 radical (unpaired) electrons. The van der Waals surface area contributed by atoms with E-state index < -0.39 is 6.36 Å². The fraction of sp³-hybridized carbons (Fsp3) is 0.435. The van der Waals surface area contributed by atoms with E-state index in [9.17, 15) is 18.0 Å². The van der Waals surface area contributed by atoms with Crippen LogP contribution in [0.25, 0.3) is 0 Å². The third-order valence-corrected chi connectivity index (χ3v) is 5.08. The summed E-state index contributed by atoms with van der Waals surface area (Å²) in [6.07, 6.45) is -2.24. The van der Waals surface area contributed by atoms with E-state index in [1.54, 1.807) is 4.90 Å². The normalized spacial score (nSPS) is 14.7. The number of piperazine rings is 1. The first-order valence-corrected chi connectivity index (χ1v) is 10.7. The van der Waals surface area contributed by atoms with Gasteiger partial charge < -0.3 is 25.0 Å². The minimum Gasteiger partial charge on any atom is -0.491 e. The molecule has 2 aromatic carbocycles. The number of benzene rings is 2. The Morgan fingerprint density at radius 2 is 1.67 bits per heavy atom. The van der Waals surface area contributed by atoms with Crippen LogP contribution in [-0.2, 0) is 6.42 Å². The molecule has 2 aromatic rings. The van der Waals surface area contributed by atoms with Crippen LogP contribution in [-0.4, -0.2) is 49.6 Å². The highest BCUT2D eigenvalue weighted by molar-refractivity contribution is 5.89. The summed E-state index contributed by atoms with van der Waals surface area (Å²) in [5.74, 6) is 0.224. The van der Waals surface area contributed by atoms with Gasteiger partial charge in [0, 0.05) is 31.9 Å². The average Bonchev–Trinajstić information content (AvgIpc) is 2.76. The summed E-state index contributed by atoms with van der Waals surface area (Å²) in [6, 6.07) is 13.1. The first kappa shape index (κ1) is 26.6. The number of aryl methyl sites for hydroxylation is 1. The Morgan fingerprint density at radius 3 is 2.27 bits per heavy atom. The van der Waals surface area contributed by atoms with Crippen LogP contribution < -0.4 is 20.1 Å². The van der Waals surface area contributed by atoms with E-state index in [4.69, 9.17) is 4.74 Å². The minimum atomic E-state index is -4.70. The number of amides is 2. The number of nitrogens with zero attached hydrogens (tertiary/aromatic N) is 1. The Labute approximate surface area is 197 Å². The van der Waals surface area contributed by atoms with Gasteiger partial charge in [0.05, 0.1) is 6.10 Å². The molecule has 1 aliphatic heterocycles. The van der Waals surface area contributed by atoms with Gasteiger partial charge in [-0.05, 0) is 68.1 Å². The lowest BCUT2D eigenvalue weighted by Crippen LogP contribution is -2.48. The molecule has 0 aromatic heterocycles. The topological polar surface area (TPSA) is 62.8 Å². The lowest BCUT2D eigenvalue weighted by Gasteiger charge is -2.27. The number of alkyl halides is 3. The minimum absolute atomic E-state index is 0. The Morgan fingerprint density at radius 1 is 1.06 bits per heavy atom. The Bertz CT molecular complexity index is 858. The van der Waals surface area contributed by atoms with Crippen LogP contribution in [0, 0.1) is 0 Å². The second-order valence-electron chi connectivity index (χ2n) is 7.70. The number of carbonyl (C=O) groups is 1. The zero-order chi connectivity index (χ0) is 23.0. The Hall–Kier alpha value is -2.65. The lowest BCUT2D eigenvalue weighted by molar-refractivity contribution is -0.274. The molecule has 10 heteroatoms. The number of ether oxygens (including phenoxy) is 2. The molecule has 0 saturated carbocycles. The van der Waals surface area contributed by atoms with Gasteiger partial charge in [0.15, 0.2) is 0 Å². The van der Waals surface area contributed by atoms with Crippen molar-refractivity contribution in [3.8, 4) is 11.5 Å². The van der Waals surface area contributed by atoms with Crippen molar-refractivity contribution in [3.05, 3.63) is 54.1 Å². The van der Waals surface area contributed by atoms with E-state index in [0.717, 1.165) is 43.6 Å². The molecule has 0 aliphatic carbocycles. The number of hydrogen-bond donors (Lipinski definition) is 2. The van der Waals surface area contributed by atoms with Gasteiger partial charge in [-0.2, -0.15) is 0 Å². The summed E-state index contributed by atoms with van der Waals surface area (Å²) in [5.41, 5.74) is 1.93. The molecule has 1 unspecified atom stereocenters. The second kappa shape index (κ2) is 12.6. The van der Waals surface area contributed by atoms with Crippen molar-refractivity contribution in [1.82, 2.24) is 10.2 Å². The van der Waals surface area contributed by atoms with Crippen molar-refractivity contribution in [2.45, 2.75) is 38.7 Å².